The number of pyridine rings is 1. The van der Waals surface area contributed by atoms with Gasteiger partial charge in [0, 0.05) is 5.69 Å². The lowest BCUT2D eigenvalue weighted by Crippen LogP contribution is -2.60. The van der Waals surface area contributed by atoms with Crippen LogP contribution in [0.25, 0.3) is 11.0 Å². The van der Waals surface area contributed by atoms with E-state index in [1.165, 1.54) is 6.42 Å². The third-order valence-corrected chi connectivity index (χ3v) is 7.50. The van der Waals surface area contributed by atoms with Crippen LogP contribution in [0.2, 0.25) is 0 Å². The van der Waals surface area contributed by atoms with Crippen molar-refractivity contribution in [3.8, 4) is 0 Å². The predicted octanol–water partition coefficient (Wildman–Crippen LogP) is 3.10. The minimum atomic E-state index is -0.354. The van der Waals surface area contributed by atoms with Crippen LogP contribution < -0.4 is 5.32 Å². The number of aromatic nitrogens is 6. The summed E-state index contributed by atoms with van der Waals surface area (Å²) in [6, 6.07) is 2.03. The number of carbonyl (C=O) groups is 1. The Morgan fingerprint density at radius 2 is 2.03 bits per heavy atom. The number of hydrogen-bond donors (Lipinski definition) is 2. The summed E-state index contributed by atoms with van der Waals surface area (Å²) in [5, 5.41) is 15.9. The quantitative estimate of drug-likeness (QED) is 0.714. The van der Waals surface area contributed by atoms with Crippen LogP contribution in [0.5, 0.6) is 0 Å². The van der Waals surface area contributed by atoms with Crippen LogP contribution in [-0.4, -0.2) is 35.9 Å². The molecule has 0 aromatic carbocycles. The van der Waals surface area contributed by atoms with Gasteiger partial charge in [0.05, 0.1) is 16.3 Å². The molecule has 3 aromatic heterocycles. The van der Waals surface area contributed by atoms with E-state index >= 15 is 0 Å². The molecule has 2 unspecified atom stereocenters. The van der Waals surface area contributed by atoms with Crippen molar-refractivity contribution in [2.45, 2.75) is 57.9 Å². The summed E-state index contributed by atoms with van der Waals surface area (Å²) in [5.74, 6) is 1.85. The minimum Gasteiger partial charge on any atom is -0.308 e. The molecule has 0 saturated heterocycles. The average Bonchev–Trinajstić information content (AvgIpc) is 3.31. The van der Waals surface area contributed by atoms with Crippen LogP contribution in [0, 0.1) is 31.1 Å². The Kier molecular flexibility index (Phi) is 3.33. The van der Waals surface area contributed by atoms with E-state index in [0.29, 0.717) is 17.7 Å². The van der Waals surface area contributed by atoms with Gasteiger partial charge in [-0.2, -0.15) is 10.2 Å². The molecule has 4 aliphatic carbocycles. The Balaban J connectivity index is 1.36. The molecule has 4 fully saturated rings. The number of aryl methyl sites for hydroxylation is 2. The number of nitrogens with zero attached hydrogens (tertiary/aromatic N) is 5. The van der Waals surface area contributed by atoms with Crippen LogP contribution >= 0.6 is 0 Å². The second-order valence-electron chi connectivity index (χ2n) is 9.64. The smallest absolute Gasteiger partial charge is 0.231 e. The first-order chi connectivity index (χ1) is 14.0. The summed E-state index contributed by atoms with van der Waals surface area (Å²) < 4.78 is 2.04. The zero-order valence-electron chi connectivity index (χ0n) is 16.8. The first-order valence-electron chi connectivity index (χ1n) is 10.5. The van der Waals surface area contributed by atoms with Crippen molar-refractivity contribution in [1.82, 2.24) is 29.9 Å². The molecule has 8 nitrogen and oxygen atoms in total. The number of amides is 1. The van der Waals surface area contributed by atoms with Gasteiger partial charge in [-0.3, -0.25) is 9.89 Å². The molecule has 29 heavy (non-hydrogen) atoms. The Labute approximate surface area is 168 Å². The van der Waals surface area contributed by atoms with Crippen molar-refractivity contribution in [1.29, 1.82) is 0 Å². The maximum atomic E-state index is 13.7. The van der Waals surface area contributed by atoms with Crippen molar-refractivity contribution < 1.29 is 4.79 Å². The fourth-order valence-electron chi connectivity index (χ4n) is 6.91. The molecule has 3 heterocycles. The summed E-state index contributed by atoms with van der Waals surface area (Å²) in [6.07, 6.45) is 9.65. The molecule has 0 spiro atoms. The molecule has 4 aliphatic rings. The van der Waals surface area contributed by atoms with E-state index in [-0.39, 0.29) is 16.9 Å². The number of nitrogens with one attached hydrogen (secondary N) is 2. The lowest BCUT2D eigenvalue weighted by atomic mass is 9.46. The second-order valence-corrected chi connectivity index (χ2v) is 9.64. The maximum absolute atomic E-state index is 13.7. The standard InChI is InChI=1S/C21H25N7O/c1-12-3-13(2)24-17-16(12)18(27-26-17)25-19(29)20-5-14-4-15(6-20)8-21(7-14,9-20)28-11-22-10-23-28/h3,10-11,14-15H,4-9H2,1-2H3,(H2,24,25,26,27,29). The van der Waals surface area contributed by atoms with Crippen molar-refractivity contribution in [3.05, 3.63) is 30.0 Å². The van der Waals surface area contributed by atoms with Crippen molar-refractivity contribution in [3.63, 3.8) is 0 Å². The number of carbonyl (C=O) groups excluding carboxylic acids is 1. The van der Waals surface area contributed by atoms with Gasteiger partial charge < -0.3 is 5.32 Å². The summed E-state index contributed by atoms with van der Waals surface area (Å²) >= 11 is 0. The monoisotopic (exact) mass is 391 g/mol. The van der Waals surface area contributed by atoms with E-state index in [9.17, 15) is 4.79 Å². The summed E-state index contributed by atoms with van der Waals surface area (Å²) in [6.45, 7) is 4.00. The molecular formula is C21H25N7O. The highest BCUT2D eigenvalue weighted by molar-refractivity contribution is 6.02. The number of H-pyrrole nitrogens is 1. The van der Waals surface area contributed by atoms with Crippen LogP contribution in [0.15, 0.2) is 18.7 Å². The zero-order valence-corrected chi connectivity index (χ0v) is 16.8. The van der Waals surface area contributed by atoms with Gasteiger partial charge >= 0.3 is 0 Å². The van der Waals surface area contributed by atoms with Crippen molar-refractivity contribution in [2.75, 3.05) is 5.32 Å². The van der Waals surface area contributed by atoms with Gasteiger partial charge in [-0.05, 0) is 75.8 Å². The third-order valence-electron chi connectivity index (χ3n) is 7.50. The molecule has 1 amide bonds. The summed E-state index contributed by atoms with van der Waals surface area (Å²) in [4.78, 5) is 22.4. The second kappa shape index (κ2) is 5.64. The van der Waals surface area contributed by atoms with E-state index in [1.807, 2.05) is 30.9 Å². The van der Waals surface area contributed by atoms with Gasteiger partial charge in [0.15, 0.2) is 11.5 Å². The van der Waals surface area contributed by atoms with Crippen LogP contribution in [0.4, 0.5) is 5.82 Å². The maximum Gasteiger partial charge on any atom is 0.231 e. The minimum absolute atomic E-state index is 0.0693. The normalized spacial score (nSPS) is 32.8. The fourth-order valence-corrected chi connectivity index (χ4v) is 6.91. The molecule has 7 rings (SSSR count). The third kappa shape index (κ3) is 2.41. The van der Waals surface area contributed by atoms with E-state index in [2.05, 4.69) is 30.6 Å². The first kappa shape index (κ1) is 17.1. The topological polar surface area (TPSA) is 101 Å². The van der Waals surface area contributed by atoms with E-state index in [0.717, 1.165) is 54.4 Å². The molecule has 4 saturated carbocycles. The van der Waals surface area contributed by atoms with Gasteiger partial charge in [-0.1, -0.05) is 0 Å². The molecular weight excluding hydrogens is 366 g/mol. The Morgan fingerprint density at radius 1 is 1.24 bits per heavy atom. The molecule has 0 radical (unpaired) electrons. The van der Waals surface area contributed by atoms with E-state index in [1.54, 1.807) is 6.33 Å². The van der Waals surface area contributed by atoms with Gasteiger partial charge in [0.1, 0.15) is 12.7 Å². The largest absolute Gasteiger partial charge is 0.308 e. The van der Waals surface area contributed by atoms with Gasteiger partial charge in [0.25, 0.3) is 0 Å². The number of hydrogen-bond acceptors (Lipinski definition) is 5. The number of fused-ring (bicyclic) bond motifs is 1. The van der Waals surface area contributed by atoms with E-state index < -0.39 is 0 Å². The van der Waals surface area contributed by atoms with Gasteiger partial charge in [0.2, 0.25) is 5.91 Å². The van der Waals surface area contributed by atoms with Crippen LogP contribution in [0.3, 0.4) is 0 Å². The molecule has 4 bridgehead atoms. The zero-order chi connectivity index (χ0) is 19.8. The van der Waals surface area contributed by atoms with Gasteiger partial charge in [-0.25, -0.2) is 14.6 Å². The molecule has 3 aromatic rings. The number of aromatic amines is 1. The first-order valence-corrected chi connectivity index (χ1v) is 10.5. The Hall–Kier alpha value is -2.77. The molecule has 2 N–H and O–H groups in total. The highest BCUT2D eigenvalue weighted by Crippen LogP contribution is 2.64. The van der Waals surface area contributed by atoms with Crippen molar-refractivity contribution in [2.24, 2.45) is 17.3 Å². The molecule has 150 valence electrons. The number of anilines is 1. The lowest BCUT2D eigenvalue weighted by Gasteiger charge is -2.60. The summed E-state index contributed by atoms with van der Waals surface area (Å²) in [7, 11) is 0. The fraction of sp³-hybridized carbons (Fsp3) is 0.571. The van der Waals surface area contributed by atoms with Crippen molar-refractivity contribution >= 4 is 22.8 Å². The molecule has 8 heteroatoms. The summed E-state index contributed by atoms with van der Waals surface area (Å²) in [5.41, 5.74) is 2.31. The molecule has 0 aliphatic heterocycles. The predicted molar refractivity (Wildman–Crippen MR) is 107 cm³/mol. The van der Waals surface area contributed by atoms with Crippen LogP contribution in [-0.2, 0) is 10.3 Å². The Bertz CT molecular complexity index is 1100. The Morgan fingerprint density at radius 3 is 2.76 bits per heavy atom. The lowest BCUT2D eigenvalue weighted by molar-refractivity contribution is -0.150. The average molecular weight is 391 g/mol. The molecule has 2 atom stereocenters. The van der Waals surface area contributed by atoms with E-state index in [4.69, 9.17) is 0 Å². The highest BCUT2D eigenvalue weighted by Gasteiger charge is 2.61. The highest BCUT2D eigenvalue weighted by atomic mass is 16.2. The SMILES string of the molecule is Cc1cc(C)c2c(NC(=O)C34CC5CC(C3)CC(n3cncn3)(C5)C4)n[nH]c2n1. The van der Waals surface area contributed by atoms with Gasteiger partial charge in [-0.15, -0.1) is 0 Å². The van der Waals surface area contributed by atoms with Crippen LogP contribution in [0.1, 0.15) is 49.8 Å². The number of rotatable bonds is 3.